The van der Waals surface area contributed by atoms with Crippen LogP contribution in [0.25, 0.3) is 0 Å². The summed E-state index contributed by atoms with van der Waals surface area (Å²) in [6.45, 7) is 6.05. The molecule has 1 unspecified atom stereocenters. The van der Waals surface area contributed by atoms with Crippen molar-refractivity contribution < 1.29 is 4.74 Å². The van der Waals surface area contributed by atoms with Crippen molar-refractivity contribution >= 4 is 27.5 Å². The van der Waals surface area contributed by atoms with Crippen molar-refractivity contribution in [2.24, 2.45) is 0 Å². The number of hydrogen-bond donors (Lipinski definition) is 1. The highest BCUT2D eigenvalue weighted by Gasteiger charge is 2.21. The van der Waals surface area contributed by atoms with Crippen LogP contribution in [0.15, 0.2) is 0 Å². The van der Waals surface area contributed by atoms with Crippen LogP contribution < -0.4 is 10.1 Å². The first kappa shape index (κ1) is 13.8. The number of methoxy groups -OCH3 is 1. The minimum atomic E-state index is 0.0410. The van der Waals surface area contributed by atoms with Crippen molar-refractivity contribution in [3.63, 3.8) is 0 Å². The fourth-order valence-electron chi connectivity index (χ4n) is 1.82. The van der Waals surface area contributed by atoms with Crippen LogP contribution in [0.4, 0.5) is 0 Å². The Labute approximate surface area is 110 Å². The van der Waals surface area contributed by atoms with Crippen LogP contribution in [-0.2, 0) is 0 Å². The molecule has 0 heterocycles. The van der Waals surface area contributed by atoms with Crippen LogP contribution >= 0.6 is 27.5 Å². The number of rotatable bonds is 3. The molecule has 4 heteroatoms. The van der Waals surface area contributed by atoms with Gasteiger partial charge in [-0.05, 0) is 44.5 Å². The first-order chi connectivity index (χ1) is 7.45. The Bertz CT molecular complexity index is 407. The van der Waals surface area contributed by atoms with Gasteiger partial charge in [0.05, 0.1) is 12.1 Å². The molecular formula is C12H17BrClNO. The smallest absolute Gasteiger partial charge is 0.128 e. The van der Waals surface area contributed by atoms with Crippen LogP contribution in [0.2, 0.25) is 5.02 Å². The summed E-state index contributed by atoms with van der Waals surface area (Å²) in [6, 6.07) is 0. The predicted octanol–water partition coefficient (Wildman–Crippen LogP) is 3.89. The molecule has 1 atom stereocenters. The monoisotopic (exact) mass is 305 g/mol. The average molecular weight is 307 g/mol. The molecular weight excluding hydrogens is 289 g/mol. The maximum atomic E-state index is 6.31. The Morgan fingerprint density at radius 3 is 2.19 bits per heavy atom. The molecule has 2 nitrogen and oxygen atoms in total. The van der Waals surface area contributed by atoms with Crippen molar-refractivity contribution in [1.82, 2.24) is 5.32 Å². The predicted molar refractivity (Wildman–Crippen MR) is 72.9 cm³/mol. The summed E-state index contributed by atoms with van der Waals surface area (Å²) in [5.41, 5.74) is 4.29. The Kier molecular flexibility index (Phi) is 4.65. The molecule has 1 aromatic carbocycles. The molecule has 0 aliphatic heterocycles. The molecule has 0 bridgehead atoms. The maximum absolute atomic E-state index is 6.31. The molecule has 0 saturated carbocycles. The van der Waals surface area contributed by atoms with Crippen LogP contribution in [0.5, 0.6) is 5.75 Å². The first-order valence-corrected chi connectivity index (χ1v) is 6.39. The van der Waals surface area contributed by atoms with Crippen molar-refractivity contribution in [3.05, 3.63) is 27.3 Å². The third-order valence-electron chi connectivity index (χ3n) is 2.92. The van der Waals surface area contributed by atoms with Gasteiger partial charge in [-0.3, -0.25) is 0 Å². The van der Waals surface area contributed by atoms with Crippen LogP contribution in [0, 0.1) is 20.8 Å². The Morgan fingerprint density at radius 2 is 1.75 bits per heavy atom. The van der Waals surface area contributed by atoms with Crippen LogP contribution in [0.1, 0.15) is 27.2 Å². The topological polar surface area (TPSA) is 21.3 Å². The third-order valence-corrected chi connectivity index (χ3v) is 4.40. The molecule has 0 spiro atoms. The molecule has 0 saturated heterocycles. The van der Waals surface area contributed by atoms with Gasteiger partial charge in [0.25, 0.3) is 0 Å². The fourth-order valence-corrected chi connectivity index (χ4v) is 2.61. The van der Waals surface area contributed by atoms with Gasteiger partial charge in [-0.2, -0.15) is 0 Å². The minimum absolute atomic E-state index is 0.0410. The molecule has 0 amide bonds. The van der Waals surface area contributed by atoms with E-state index in [9.17, 15) is 0 Å². The van der Waals surface area contributed by atoms with E-state index in [-0.39, 0.29) is 4.95 Å². The molecule has 16 heavy (non-hydrogen) atoms. The largest absolute Gasteiger partial charge is 0.496 e. The van der Waals surface area contributed by atoms with Gasteiger partial charge in [0, 0.05) is 10.6 Å². The zero-order chi connectivity index (χ0) is 12.5. The molecule has 0 radical (unpaired) electrons. The second kappa shape index (κ2) is 5.39. The number of nitrogens with one attached hydrogen (secondary N) is 1. The molecule has 0 fully saturated rings. The number of benzene rings is 1. The van der Waals surface area contributed by atoms with Crippen LogP contribution in [-0.4, -0.2) is 14.2 Å². The van der Waals surface area contributed by atoms with E-state index >= 15 is 0 Å². The average Bonchev–Trinajstić information content (AvgIpc) is 2.29. The minimum Gasteiger partial charge on any atom is -0.496 e. The van der Waals surface area contributed by atoms with E-state index in [2.05, 4.69) is 21.2 Å². The summed E-state index contributed by atoms with van der Waals surface area (Å²) >= 11 is 9.88. The summed E-state index contributed by atoms with van der Waals surface area (Å²) in [7, 11) is 3.58. The summed E-state index contributed by atoms with van der Waals surface area (Å²) in [6.07, 6.45) is 0. The maximum Gasteiger partial charge on any atom is 0.128 e. The van der Waals surface area contributed by atoms with Gasteiger partial charge >= 0.3 is 0 Å². The Morgan fingerprint density at radius 1 is 1.19 bits per heavy atom. The normalized spacial score (nSPS) is 12.7. The van der Waals surface area contributed by atoms with Crippen molar-refractivity contribution in [2.75, 3.05) is 14.2 Å². The zero-order valence-corrected chi connectivity index (χ0v) is 12.6. The molecule has 1 rings (SSSR count). The lowest BCUT2D eigenvalue weighted by Gasteiger charge is -2.21. The van der Waals surface area contributed by atoms with E-state index in [1.807, 2.05) is 27.8 Å². The molecule has 90 valence electrons. The highest BCUT2D eigenvalue weighted by Crippen LogP contribution is 2.40. The lowest BCUT2D eigenvalue weighted by atomic mass is 9.98. The van der Waals surface area contributed by atoms with Crippen molar-refractivity contribution in [3.8, 4) is 5.75 Å². The van der Waals surface area contributed by atoms with E-state index in [1.165, 1.54) is 0 Å². The summed E-state index contributed by atoms with van der Waals surface area (Å²) < 4.78 is 5.49. The number of ether oxygens (including phenoxy) is 1. The van der Waals surface area contributed by atoms with E-state index in [1.54, 1.807) is 7.11 Å². The summed E-state index contributed by atoms with van der Waals surface area (Å²) in [5, 5.41) is 3.96. The SMILES string of the molecule is CNC(Br)c1c(C)c(Cl)c(C)c(C)c1OC. The molecule has 1 aromatic rings. The molecule has 0 aliphatic rings. The van der Waals surface area contributed by atoms with Gasteiger partial charge in [0.2, 0.25) is 0 Å². The van der Waals surface area contributed by atoms with Crippen molar-refractivity contribution in [2.45, 2.75) is 25.7 Å². The summed E-state index contributed by atoms with van der Waals surface area (Å²) in [5.74, 6) is 0.899. The zero-order valence-electron chi connectivity index (χ0n) is 10.2. The third kappa shape index (κ3) is 2.22. The Balaban J connectivity index is 3.57. The highest BCUT2D eigenvalue weighted by atomic mass is 79.9. The second-order valence-electron chi connectivity index (χ2n) is 3.79. The lowest BCUT2D eigenvalue weighted by molar-refractivity contribution is 0.404. The van der Waals surface area contributed by atoms with Gasteiger partial charge in [-0.15, -0.1) is 0 Å². The van der Waals surface area contributed by atoms with Crippen molar-refractivity contribution in [1.29, 1.82) is 0 Å². The molecule has 0 aliphatic carbocycles. The van der Waals surface area contributed by atoms with Gasteiger partial charge < -0.3 is 10.1 Å². The van der Waals surface area contributed by atoms with E-state index in [0.29, 0.717) is 0 Å². The van der Waals surface area contributed by atoms with E-state index < -0.39 is 0 Å². The van der Waals surface area contributed by atoms with E-state index in [4.69, 9.17) is 16.3 Å². The number of halogens is 2. The Hall–Kier alpha value is -0.250. The number of alkyl halides is 1. The lowest BCUT2D eigenvalue weighted by Crippen LogP contribution is -2.13. The summed E-state index contributed by atoms with van der Waals surface area (Å²) in [4.78, 5) is 0.0410. The van der Waals surface area contributed by atoms with E-state index in [0.717, 1.165) is 33.0 Å². The molecule has 1 N–H and O–H groups in total. The molecule has 0 aromatic heterocycles. The fraction of sp³-hybridized carbons (Fsp3) is 0.500. The quantitative estimate of drug-likeness (QED) is 0.676. The standard InChI is InChI=1S/C12H17BrClNO/c1-6-7(2)11(16-5)9(12(13)15-4)8(3)10(6)14/h12,15H,1-5H3. The second-order valence-corrected chi connectivity index (χ2v) is 5.08. The first-order valence-electron chi connectivity index (χ1n) is 5.10. The number of hydrogen-bond acceptors (Lipinski definition) is 2. The van der Waals surface area contributed by atoms with Crippen LogP contribution in [0.3, 0.4) is 0 Å². The van der Waals surface area contributed by atoms with Gasteiger partial charge in [-0.25, -0.2) is 0 Å². The van der Waals surface area contributed by atoms with Gasteiger partial charge in [0.1, 0.15) is 5.75 Å². The van der Waals surface area contributed by atoms with Gasteiger partial charge in [-0.1, -0.05) is 27.5 Å². The highest BCUT2D eigenvalue weighted by molar-refractivity contribution is 9.09. The van der Waals surface area contributed by atoms with Gasteiger partial charge in [0.15, 0.2) is 0 Å².